The molecule has 2 aliphatic heterocycles. The Labute approximate surface area is 144 Å². The van der Waals surface area contributed by atoms with Gasteiger partial charge in [-0.1, -0.05) is 0 Å². The van der Waals surface area contributed by atoms with E-state index >= 15 is 0 Å². The van der Waals surface area contributed by atoms with Crippen LogP contribution in [0.4, 0.5) is 0 Å². The summed E-state index contributed by atoms with van der Waals surface area (Å²) in [7, 11) is 1.78. The fourth-order valence-electron chi connectivity index (χ4n) is 4.49. The van der Waals surface area contributed by atoms with Gasteiger partial charge in [0.1, 0.15) is 5.75 Å². The van der Waals surface area contributed by atoms with Crippen molar-refractivity contribution < 1.29 is 9.47 Å². The predicted octanol–water partition coefficient (Wildman–Crippen LogP) is 3.88. The molecule has 1 N–H and O–H groups in total. The van der Waals surface area contributed by atoms with Crippen LogP contribution in [0.3, 0.4) is 0 Å². The van der Waals surface area contributed by atoms with Gasteiger partial charge in [-0.15, -0.1) is 0 Å². The Morgan fingerprint density at radius 2 is 1.96 bits per heavy atom. The third kappa shape index (κ3) is 2.82. The van der Waals surface area contributed by atoms with Crippen LogP contribution in [0.5, 0.6) is 5.75 Å². The number of rotatable bonds is 3. The highest BCUT2D eigenvalue weighted by molar-refractivity contribution is 5.88. The van der Waals surface area contributed by atoms with Crippen molar-refractivity contribution in [1.82, 2.24) is 9.88 Å². The van der Waals surface area contributed by atoms with Crippen molar-refractivity contribution in [2.24, 2.45) is 5.41 Å². The number of H-pyrrole nitrogens is 1. The molecule has 0 aliphatic carbocycles. The molecule has 4 heteroatoms. The molecule has 24 heavy (non-hydrogen) atoms. The first-order chi connectivity index (χ1) is 11.7. The van der Waals surface area contributed by atoms with Crippen LogP contribution in [0, 0.1) is 12.3 Å². The van der Waals surface area contributed by atoms with Crippen molar-refractivity contribution >= 4 is 10.9 Å². The van der Waals surface area contributed by atoms with E-state index in [1.807, 2.05) is 6.20 Å². The Hall–Kier alpha value is -1.52. The van der Waals surface area contributed by atoms with E-state index in [-0.39, 0.29) is 0 Å². The zero-order valence-corrected chi connectivity index (χ0v) is 14.9. The maximum absolute atomic E-state index is 5.70. The van der Waals surface area contributed by atoms with E-state index in [4.69, 9.17) is 9.47 Å². The Morgan fingerprint density at radius 3 is 2.67 bits per heavy atom. The van der Waals surface area contributed by atoms with E-state index in [1.165, 1.54) is 60.8 Å². The molecule has 2 fully saturated rings. The number of ether oxygens (including phenoxy) is 2. The molecule has 3 heterocycles. The second-order valence-corrected chi connectivity index (χ2v) is 7.53. The summed E-state index contributed by atoms with van der Waals surface area (Å²) in [4.78, 5) is 5.97. The van der Waals surface area contributed by atoms with Gasteiger partial charge < -0.3 is 14.5 Å². The second-order valence-electron chi connectivity index (χ2n) is 7.53. The number of methoxy groups -OCH3 is 1. The lowest BCUT2D eigenvalue weighted by molar-refractivity contribution is -0.0218. The van der Waals surface area contributed by atoms with Crippen molar-refractivity contribution in [3.05, 3.63) is 29.5 Å². The van der Waals surface area contributed by atoms with Gasteiger partial charge in [0.15, 0.2) is 0 Å². The summed E-state index contributed by atoms with van der Waals surface area (Å²) in [6.45, 7) is 7.39. The van der Waals surface area contributed by atoms with E-state index in [0.717, 1.165) is 25.5 Å². The summed E-state index contributed by atoms with van der Waals surface area (Å²) in [5.74, 6) is 1.02. The molecular weight excluding hydrogens is 300 g/mol. The molecule has 2 aliphatic rings. The molecule has 0 radical (unpaired) electrons. The van der Waals surface area contributed by atoms with Crippen LogP contribution < -0.4 is 4.74 Å². The number of fused-ring (bicyclic) bond motifs is 1. The lowest BCUT2D eigenvalue weighted by atomic mass is 9.72. The Bertz CT molecular complexity index is 706. The molecule has 130 valence electrons. The number of piperidine rings is 1. The van der Waals surface area contributed by atoms with Crippen LogP contribution in [-0.2, 0) is 11.3 Å². The van der Waals surface area contributed by atoms with Crippen LogP contribution in [0.15, 0.2) is 18.3 Å². The highest BCUT2D eigenvalue weighted by Crippen LogP contribution is 2.41. The SMILES string of the molecule is COc1cc(C)c2[nH]ccc2c1CN1CCC2(CCOCC2)CC1. The lowest BCUT2D eigenvalue weighted by Crippen LogP contribution is -2.42. The molecule has 1 aromatic heterocycles. The molecule has 2 saturated heterocycles. The van der Waals surface area contributed by atoms with Gasteiger partial charge in [0, 0.05) is 42.4 Å². The van der Waals surface area contributed by atoms with E-state index in [1.54, 1.807) is 7.11 Å². The van der Waals surface area contributed by atoms with Gasteiger partial charge in [-0.05, 0) is 68.8 Å². The van der Waals surface area contributed by atoms with Crippen LogP contribution in [-0.4, -0.2) is 43.3 Å². The molecule has 0 atom stereocenters. The number of nitrogens with zero attached hydrogens (tertiary/aromatic N) is 1. The summed E-state index contributed by atoms with van der Waals surface area (Å²) >= 11 is 0. The highest BCUT2D eigenvalue weighted by Gasteiger charge is 2.36. The summed E-state index contributed by atoms with van der Waals surface area (Å²) in [5.41, 5.74) is 4.36. The quantitative estimate of drug-likeness (QED) is 0.929. The molecule has 0 bridgehead atoms. The van der Waals surface area contributed by atoms with Crippen LogP contribution in [0.1, 0.15) is 36.8 Å². The molecule has 2 aromatic rings. The monoisotopic (exact) mass is 328 g/mol. The predicted molar refractivity (Wildman–Crippen MR) is 96.6 cm³/mol. The van der Waals surface area contributed by atoms with Gasteiger partial charge >= 0.3 is 0 Å². The number of aromatic amines is 1. The topological polar surface area (TPSA) is 37.5 Å². The average Bonchev–Trinajstić information content (AvgIpc) is 3.10. The number of aryl methyl sites for hydroxylation is 1. The van der Waals surface area contributed by atoms with Gasteiger partial charge in [-0.25, -0.2) is 0 Å². The Kier molecular flexibility index (Phi) is 4.27. The highest BCUT2D eigenvalue weighted by atomic mass is 16.5. The fraction of sp³-hybridized carbons (Fsp3) is 0.600. The minimum atomic E-state index is 0.551. The number of benzene rings is 1. The summed E-state index contributed by atoms with van der Waals surface area (Å²) < 4.78 is 11.3. The molecular formula is C20H28N2O2. The smallest absolute Gasteiger partial charge is 0.124 e. The first kappa shape index (κ1) is 16.0. The Balaban J connectivity index is 1.53. The maximum Gasteiger partial charge on any atom is 0.124 e. The number of hydrogen-bond donors (Lipinski definition) is 1. The first-order valence-corrected chi connectivity index (χ1v) is 9.14. The van der Waals surface area contributed by atoms with Gasteiger partial charge in [0.2, 0.25) is 0 Å². The van der Waals surface area contributed by atoms with Crippen molar-refractivity contribution in [1.29, 1.82) is 0 Å². The van der Waals surface area contributed by atoms with Crippen molar-refractivity contribution in [2.45, 2.75) is 39.2 Å². The van der Waals surface area contributed by atoms with E-state index < -0.39 is 0 Å². The normalized spacial score (nSPS) is 21.4. The summed E-state index contributed by atoms with van der Waals surface area (Å²) in [5, 5.41) is 1.30. The number of likely N-dealkylation sites (tertiary alicyclic amines) is 1. The van der Waals surface area contributed by atoms with E-state index in [9.17, 15) is 0 Å². The summed E-state index contributed by atoms with van der Waals surface area (Å²) in [6, 6.07) is 4.35. The van der Waals surface area contributed by atoms with E-state index in [0.29, 0.717) is 5.41 Å². The van der Waals surface area contributed by atoms with Crippen molar-refractivity contribution in [3.8, 4) is 5.75 Å². The largest absolute Gasteiger partial charge is 0.496 e. The molecule has 1 spiro atoms. The zero-order valence-electron chi connectivity index (χ0n) is 14.9. The van der Waals surface area contributed by atoms with Gasteiger partial charge in [-0.2, -0.15) is 0 Å². The zero-order chi connectivity index (χ0) is 16.6. The third-order valence-corrected chi connectivity index (χ3v) is 6.18. The second kappa shape index (κ2) is 6.41. The van der Waals surface area contributed by atoms with Crippen molar-refractivity contribution in [2.75, 3.05) is 33.4 Å². The third-order valence-electron chi connectivity index (χ3n) is 6.18. The van der Waals surface area contributed by atoms with Gasteiger partial charge in [0.25, 0.3) is 0 Å². The number of hydrogen-bond acceptors (Lipinski definition) is 3. The molecule has 4 nitrogen and oxygen atoms in total. The summed E-state index contributed by atoms with van der Waals surface area (Å²) in [6.07, 6.45) is 7.14. The van der Waals surface area contributed by atoms with Gasteiger partial charge in [0.05, 0.1) is 7.11 Å². The van der Waals surface area contributed by atoms with Crippen molar-refractivity contribution in [3.63, 3.8) is 0 Å². The lowest BCUT2D eigenvalue weighted by Gasteiger charge is -2.44. The minimum absolute atomic E-state index is 0.551. The number of nitrogens with one attached hydrogen (secondary N) is 1. The molecule has 1 aromatic carbocycles. The molecule has 0 saturated carbocycles. The van der Waals surface area contributed by atoms with E-state index in [2.05, 4.69) is 28.9 Å². The van der Waals surface area contributed by atoms with Crippen LogP contribution in [0.25, 0.3) is 10.9 Å². The molecule has 0 unspecified atom stereocenters. The Morgan fingerprint density at radius 1 is 1.21 bits per heavy atom. The fourth-order valence-corrected chi connectivity index (χ4v) is 4.49. The molecule has 4 rings (SSSR count). The standard InChI is InChI=1S/C20H28N2O2/c1-15-13-18(23-2)17(16-3-8-21-19(15)16)14-22-9-4-20(5-10-22)6-11-24-12-7-20/h3,8,13,21H,4-7,9-12,14H2,1-2H3. The van der Waals surface area contributed by atoms with Crippen LogP contribution in [0.2, 0.25) is 0 Å². The first-order valence-electron chi connectivity index (χ1n) is 9.14. The van der Waals surface area contributed by atoms with Gasteiger partial charge in [-0.3, -0.25) is 4.90 Å². The number of aromatic nitrogens is 1. The minimum Gasteiger partial charge on any atom is -0.496 e. The maximum atomic E-state index is 5.70. The molecule has 0 amide bonds. The average molecular weight is 328 g/mol. The van der Waals surface area contributed by atoms with Crippen LogP contribution >= 0.6 is 0 Å².